The maximum absolute atomic E-state index is 5.62. The number of benzene rings is 1. The highest BCUT2D eigenvalue weighted by molar-refractivity contribution is 5.21. The minimum absolute atomic E-state index is 0.430. The van der Waals surface area contributed by atoms with E-state index >= 15 is 0 Å². The fourth-order valence-electron chi connectivity index (χ4n) is 3.33. The quantitative estimate of drug-likeness (QED) is 0.383. The molecule has 1 aliphatic heterocycles. The van der Waals surface area contributed by atoms with Crippen LogP contribution in [-0.2, 0) is 32.1 Å². The van der Waals surface area contributed by atoms with Gasteiger partial charge in [0, 0.05) is 32.7 Å². The van der Waals surface area contributed by atoms with Gasteiger partial charge in [-0.1, -0.05) is 35.0 Å². The summed E-state index contributed by atoms with van der Waals surface area (Å²) in [6.45, 7) is 12.7. The highest BCUT2D eigenvalue weighted by Gasteiger charge is 2.08. The second-order valence-electron chi connectivity index (χ2n) is 7.87. The molecule has 1 aliphatic rings. The van der Waals surface area contributed by atoms with Gasteiger partial charge in [0.2, 0.25) is 0 Å². The molecule has 0 unspecified atom stereocenters. The van der Waals surface area contributed by atoms with Crippen molar-refractivity contribution >= 4 is 0 Å². The van der Waals surface area contributed by atoms with Gasteiger partial charge in [0.25, 0.3) is 0 Å². The number of ether oxygens (including phenoxy) is 4. The van der Waals surface area contributed by atoms with E-state index in [1.165, 1.54) is 11.1 Å². The SMILES string of the molecule is Cc1ccc(Cn2cc(COCCOCCOCCOCCN3CCNCC3)nn2)cc1. The second kappa shape index (κ2) is 15.0. The van der Waals surface area contributed by atoms with E-state index in [9.17, 15) is 0 Å². The van der Waals surface area contributed by atoms with Crippen molar-refractivity contribution in [1.82, 2.24) is 25.2 Å². The summed E-state index contributed by atoms with van der Waals surface area (Å²) in [5, 5.41) is 11.7. The van der Waals surface area contributed by atoms with E-state index in [4.69, 9.17) is 18.9 Å². The second-order valence-corrected chi connectivity index (χ2v) is 7.87. The van der Waals surface area contributed by atoms with Crippen LogP contribution < -0.4 is 5.32 Å². The third-order valence-corrected chi connectivity index (χ3v) is 5.18. The lowest BCUT2D eigenvalue weighted by molar-refractivity contribution is -0.00646. The van der Waals surface area contributed by atoms with Crippen molar-refractivity contribution in [3.05, 3.63) is 47.3 Å². The van der Waals surface area contributed by atoms with Crippen LogP contribution in [0.3, 0.4) is 0 Å². The number of nitrogens with zero attached hydrogens (tertiary/aromatic N) is 4. The molecule has 1 aromatic heterocycles. The topological polar surface area (TPSA) is 82.9 Å². The Bertz CT molecular complexity index is 734. The molecule has 2 heterocycles. The van der Waals surface area contributed by atoms with Gasteiger partial charge in [-0.2, -0.15) is 0 Å². The summed E-state index contributed by atoms with van der Waals surface area (Å²) in [4.78, 5) is 2.42. The fourth-order valence-corrected chi connectivity index (χ4v) is 3.33. The van der Waals surface area contributed by atoms with Gasteiger partial charge in [0.05, 0.1) is 65.6 Å². The third kappa shape index (κ3) is 10.2. The molecule has 0 atom stereocenters. The van der Waals surface area contributed by atoms with Crippen LogP contribution in [0.25, 0.3) is 0 Å². The summed E-state index contributed by atoms with van der Waals surface area (Å²) >= 11 is 0. The molecule has 0 aliphatic carbocycles. The van der Waals surface area contributed by atoms with Gasteiger partial charge in [0.1, 0.15) is 5.69 Å². The van der Waals surface area contributed by atoms with E-state index in [-0.39, 0.29) is 0 Å². The number of hydrogen-bond acceptors (Lipinski definition) is 8. The smallest absolute Gasteiger partial charge is 0.108 e. The van der Waals surface area contributed by atoms with E-state index in [1.807, 2.05) is 10.9 Å². The van der Waals surface area contributed by atoms with Crippen LogP contribution in [-0.4, -0.2) is 98.9 Å². The molecule has 9 heteroatoms. The van der Waals surface area contributed by atoms with Crippen molar-refractivity contribution in [3.63, 3.8) is 0 Å². The van der Waals surface area contributed by atoms with Crippen LogP contribution in [0.2, 0.25) is 0 Å². The van der Waals surface area contributed by atoms with Gasteiger partial charge in [-0.15, -0.1) is 5.10 Å². The molecular weight excluding hydrogens is 410 g/mol. The van der Waals surface area contributed by atoms with Crippen LogP contribution >= 0.6 is 0 Å². The van der Waals surface area contributed by atoms with Crippen molar-refractivity contribution in [1.29, 1.82) is 0 Å². The molecule has 0 amide bonds. The maximum atomic E-state index is 5.62. The molecule has 0 bridgehead atoms. The molecule has 2 aromatic rings. The van der Waals surface area contributed by atoms with Gasteiger partial charge in [-0.05, 0) is 12.5 Å². The number of nitrogens with one attached hydrogen (secondary N) is 1. The van der Waals surface area contributed by atoms with E-state index in [2.05, 4.69) is 51.7 Å². The number of piperazine rings is 1. The van der Waals surface area contributed by atoms with Gasteiger partial charge >= 0.3 is 0 Å². The normalized spacial score (nSPS) is 14.8. The average molecular weight is 448 g/mol. The fraction of sp³-hybridized carbons (Fsp3) is 0.652. The molecule has 32 heavy (non-hydrogen) atoms. The minimum atomic E-state index is 0.430. The highest BCUT2D eigenvalue weighted by atomic mass is 16.6. The number of aryl methyl sites for hydroxylation is 1. The lowest BCUT2D eigenvalue weighted by Gasteiger charge is -2.26. The number of aromatic nitrogens is 3. The van der Waals surface area contributed by atoms with E-state index in [0.29, 0.717) is 52.8 Å². The first-order chi connectivity index (χ1) is 15.8. The Labute approximate surface area is 191 Å². The summed E-state index contributed by atoms with van der Waals surface area (Å²) < 4.78 is 24.1. The molecule has 1 N–H and O–H groups in total. The molecule has 1 fully saturated rings. The number of hydrogen-bond donors (Lipinski definition) is 1. The molecule has 1 aromatic carbocycles. The van der Waals surface area contributed by atoms with Gasteiger partial charge < -0.3 is 24.3 Å². The highest BCUT2D eigenvalue weighted by Crippen LogP contribution is 2.05. The maximum Gasteiger partial charge on any atom is 0.108 e. The Morgan fingerprint density at radius 1 is 0.844 bits per heavy atom. The van der Waals surface area contributed by atoms with Crippen LogP contribution in [0.1, 0.15) is 16.8 Å². The lowest BCUT2D eigenvalue weighted by atomic mass is 10.1. The summed E-state index contributed by atoms with van der Waals surface area (Å²) in [6, 6.07) is 8.42. The monoisotopic (exact) mass is 447 g/mol. The largest absolute Gasteiger partial charge is 0.378 e. The van der Waals surface area contributed by atoms with Crippen molar-refractivity contribution < 1.29 is 18.9 Å². The van der Waals surface area contributed by atoms with Crippen LogP contribution in [0, 0.1) is 6.92 Å². The van der Waals surface area contributed by atoms with Crippen molar-refractivity contribution in [2.75, 3.05) is 79.0 Å². The standard InChI is InChI=1S/C23H37N5O4/c1-21-2-4-22(5-3-21)18-28-19-23(25-26-28)20-32-17-16-31-15-14-30-13-12-29-11-10-27-8-6-24-7-9-27/h2-5,19,24H,6-18,20H2,1H3. The summed E-state index contributed by atoms with van der Waals surface area (Å²) in [7, 11) is 0. The predicted molar refractivity (Wildman–Crippen MR) is 122 cm³/mol. The van der Waals surface area contributed by atoms with Crippen molar-refractivity contribution in [2.45, 2.75) is 20.1 Å². The summed E-state index contributed by atoms with van der Waals surface area (Å²) in [6.07, 6.45) is 1.92. The lowest BCUT2D eigenvalue weighted by Crippen LogP contribution is -2.44. The van der Waals surface area contributed by atoms with Crippen LogP contribution in [0.5, 0.6) is 0 Å². The zero-order chi connectivity index (χ0) is 22.3. The molecule has 9 nitrogen and oxygen atoms in total. The number of rotatable bonds is 16. The molecular formula is C23H37N5O4. The average Bonchev–Trinajstić information content (AvgIpc) is 3.26. The Hall–Kier alpha value is -1.88. The first-order valence-corrected chi connectivity index (χ1v) is 11.5. The molecule has 0 saturated carbocycles. The zero-order valence-electron chi connectivity index (χ0n) is 19.2. The first kappa shape index (κ1) is 24.8. The van der Waals surface area contributed by atoms with Gasteiger partial charge in [-0.3, -0.25) is 4.90 Å². The predicted octanol–water partition coefficient (Wildman–Crippen LogP) is 1.11. The summed E-state index contributed by atoms with van der Waals surface area (Å²) in [5.74, 6) is 0. The van der Waals surface area contributed by atoms with Crippen LogP contribution in [0.4, 0.5) is 0 Å². The zero-order valence-corrected chi connectivity index (χ0v) is 19.2. The molecule has 3 rings (SSSR count). The molecule has 178 valence electrons. The molecule has 0 radical (unpaired) electrons. The van der Waals surface area contributed by atoms with E-state index < -0.39 is 0 Å². The first-order valence-electron chi connectivity index (χ1n) is 11.5. The third-order valence-electron chi connectivity index (χ3n) is 5.18. The van der Waals surface area contributed by atoms with E-state index in [0.717, 1.165) is 45.0 Å². The van der Waals surface area contributed by atoms with Gasteiger partial charge in [-0.25, -0.2) is 4.68 Å². The van der Waals surface area contributed by atoms with Crippen molar-refractivity contribution in [2.24, 2.45) is 0 Å². The minimum Gasteiger partial charge on any atom is -0.378 e. The van der Waals surface area contributed by atoms with Gasteiger partial charge in [0.15, 0.2) is 0 Å². The Morgan fingerprint density at radius 2 is 1.47 bits per heavy atom. The molecule has 1 saturated heterocycles. The Balaban J connectivity index is 1.10. The Kier molecular flexibility index (Phi) is 11.6. The Morgan fingerprint density at radius 3 is 2.16 bits per heavy atom. The van der Waals surface area contributed by atoms with Crippen LogP contribution in [0.15, 0.2) is 30.5 Å². The molecule has 0 spiro atoms. The van der Waals surface area contributed by atoms with Crippen molar-refractivity contribution in [3.8, 4) is 0 Å². The van der Waals surface area contributed by atoms with E-state index in [1.54, 1.807) is 0 Å². The summed E-state index contributed by atoms with van der Waals surface area (Å²) in [5.41, 5.74) is 3.27.